The standard InChI is InChI=1S/C19H25N5O/c1-22(2)18(16-8-4-3-5-9-16)19(25)24-13-7-12-23(14-15-24)17-10-6-11-20-21-17/h3-6,8-11,18H,7,12-15H2,1-2H3. The Morgan fingerprint density at radius 2 is 1.84 bits per heavy atom. The van der Waals surface area contributed by atoms with E-state index in [9.17, 15) is 4.79 Å². The van der Waals surface area contributed by atoms with Crippen molar-refractivity contribution in [1.29, 1.82) is 0 Å². The van der Waals surface area contributed by atoms with E-state index in [1.165, 1.54) is 0 Å². The van der Waals surface area contributed by atoms with Gasteiger partial charge in [-0.3, -0.25) is 9.69 Å². The van der Waals surface area contributed by atoms with Crippen LogP contribution in [0.1, 0.15) is 18.0 Å². The molecule has 3 rings (SSSR count). The highest BCUT2D eigenvalue weighted by atomic mass is 16.2. The van der Waals surface area contributed by atoms with E-state index in [0.717, 1.165) is 37.4 Å². The van der Waals surface area contributed by atoms with Crippen LogP contribution in [0.4, 0.5) is 5.82 Å². The first kappa shape index (κ1) is 17.4. The molecule has 2 heterocycles. The molecule has 25 heavy (non-hydrogen) atoms. The van der Waals surface area contributed by atoms with Gasteiger partial charge in [-0.1, -0.05) is 30.3 Å². The van der Waals surface area contributed by atoms with Gasteiger partial charge >= 0.3 is 0 Å². The smallest absolute Gasteiger partial charge is 0.244 e. The quantitative estimate of drug-likeness (QED) is 0.850. The van der Waals surface area contributed by atoms with Crippen molar-refractivity contribution in [1.82, 2.24) is 20.0 Å². The number of nitrogens with zero attached hydrogens (tertiary/aromatic N) is 5. The molecule has 0 saturated carbocycles. The number of likely N-dealkylation sites (N-methyl/N-ethyl adjacent to an activating group) is 1. The molecule has 1 amide bonds. The minimum atomic E-state index is -0.246. The highest BCUT2D eigenvalue weighted by Gasteiger charge is 2.29. The summed E-state index contributed by atoms with van der Waals surface area (Å²) in [6.45, 7) is 3.14. The van der Waals surface area contributed by atoms with Gasteiger partial charge in [0, 0.05) is 32.4 Å². The van der Waals surface area contributed by atoms with Crippen LogP contribution in [0.2, 0.25) is 0 Å². The Balaban J connectivity index is 1.71. The van der Waals surface area contributed by atoms with E-state index >= 15 is 0 Å². The van der Waals surface area contributed by atoms with Crippen LogP contribution in [0.25, 0.3) is 0 Å². The molecule has 1 atom stereocenters. The largest absolute Gasteiger partial charge is 0.353 e. The van der Waals surface area contributed by atoms with Crippen LogP contribution in [0.5, 0.6) is 0 Å². The monoisotopic (exact) mass is 339 g/mol. The summed E-state index contributed by atoms with van der Waals surface area (Å²) >= 11 is 0. The maximum atomic E-state index is 13.2. The van der Waals surface area contributed by atoms with Gasteiger partial charge in [0.2, 0.25) is 5.91 Å². The predicted molar refractivity (Wildman–Crippen MR) is 98.3 cm³/mol. The molecule has 6 nitrogen and oxygen atoms in total. The third-order valence-electron chi connectivity index (χ3n) is 4.56. The highest BCUT2D eigenvalue weighted by molar-refractivity contribution is 5.83. The molecule has 0 N–H and O–H groups in total. The summed E-state index contributed by atoms with van der Waals surface area (Å²) in [7, 11) is 3.92. The van der Waals surface area contributed by atoms with Gasteiger partial charge in [0.1, 0.15) is 6.04 Å². The molecule has 1 aromatic heterocycles. The van der Waals surface area contributed by atoms with E-state index in [-0.39, 0.29) is 11.9 Å². The molecule has 132 valence electrons. The minimum absolute atomic E-state index is 0.164. The van der Waals surface area contributed by atoms with Gasteiger partial charge < -0.3 is 9.80 Å². The number of carbonyl (C=O) groups excluding carboxylic acids is 1. The molecule has 1 aliphatic heterocycles. The van der Waals surface area contributed by atoms with Gasteiger partial charge in [-0.25, -0.2) is 0 Å². The number of hydrogen-bond donors (Lipinski definition) is 0. The van der Waals surface area contributed by atoms with E-state index in [1.54, 1.807) is 6.20 Å². The van der Waals surface area contributed by atoms with Crippen molar-refractivity contribution in [3.63, 3.8) is 0 Å². The normalized spacial score (nSPS) is 16.6. The molecule has 1 aliphatic rings. The minimum Gasteiger partial charge on any atom is -0.353 e. The molecule has 1 unspecified atom stereocenters. The van der Waals surface area contributed by atoms with E-state index in [0.29, 0.717) is 6.54 Å². The summed E-state index contributed by atoms with van der Waals surface area (Å²) in [6, 6.07) is 13.6. The second-order valence-electron chi connectivity index (χ2n) is 6.52. The molecular formula is C19H25N5O. The summed E-state index contributed by atoms with van der Waals surface area (Å²) in [5, 5.41) is 8.15. The predicted octanol–water partition coefficient (Wildman–Crippen LogP) is 1.82. The molecule has 1 saturated heterocycles. The SMILES string of the molecule is CN(C)C(C(=O)N1CCCN(c2cccnn2)CC1)c1ccccc1. The first-order valence-electron chi connectivity index (χ1n) is 8.69. The number of rotatable bonds is 4. The Kier molecular flexibility index (Phi) is 5.60. The lowest BCUT2D eigenvalue weighted by Gasteiger charge is -2.30. The number of benzene rings is 1. The zero-order valence-electron chi connectivity index (χ0n) is 14.9. The molecule has 1 fully saturated rings. The summed E-state index contributed by atoms with van der Waals surface area (Å²) in [4.78, 5) is 19.3. The van der Waals surface area contributed by atoms with Crippen molar-refractivity contribution < 1.29 is 4.79 Å². The van der Waals surface area contributed by atoms with E-state index in [4.69, 9.17) is 0 Å². The van der Waals surface area contributed by atoms with Gasteiger partial charge in [-0.05, 0) is 38.2 Å². The molecule has 6 heteroatoms. The van der Waals surface area contributed by atoms with Crippen molar-refractivity contribution in [2.24, 2.45) is 0 Å². The van der Waals surface area contributed by atoms with Crippen LogP contribution in [0.15, 0.2) is 48.7 Å². The summed E-state index contributed by atoms with van der Waals surface area (Å²) in [6.07, 6.45) is 2.61. The summed E-state index contributed by atoms with van der Waals surface area (Å²) in [5.74, 6) is 1.04. The van der Waals surface area contributed by atoms with Crippen LogP contribution in [0.3, 0.4) is 0 Å². The summed E-state index contributed by atoms with van der Waals surface area (Å²) in [5.41, 5.74) is 1.03. The molecular weight excluding hydrogens is 314 g/mol. The molecule has 1 aromatic carbocycles. The first-order valence-corrected chi connectivity index (χ1v) is 8.69. The van der Waals surface area contributed by atoms with Crippen molar-refractivity contribution in [2.75, 3.05) is 45.2 Å². The fourth-order valence-corrected chi connectivity index (χ4v) is 3.30. The fraction of sp³-hybridized carbons (Fsp3) is 0.421. The number of hydrogen-bond acceptors (Lipinski definition) is 5. The van der Waals surface area contributed by atoms with Crippen LogP contribution < -0.4 is 4.90 Å². The van der Waals surface area contributed by atoms with Gasteiger partial charge in [-0.15, -0.1) is 5.10 Å². The zero-order valence-corrected chi connectivity index (χ0v) is 14.9. The van der Waals surface area contributed by atoms with Gasteiger partial charge in [0.25, 0.3) is 0 Å². The maximum Gasteiger partial charge on any atom is 0.244 e. The zero-order chi connectivity index (χ0) is 17.6. The molecule has 0 bridgehead atoms. The topological polar surface area (TPSA) is 52.6 Å². The van der Waals surface area contributed by atoms with Crippen molar-refractivity contribution >= 4 is 11.7 Å². The molecule has 2 aromatic rings. The average molecular weight is 339 g/mol. The third-order valence-corrected chi connectivity index (χ3v) is 4.56. The number of anilines is 1. The Bertz CT molecular complexity index is 677. The number of amides is 1. The Hall–Kier alpha value is -2.47. The van der Waals surface area contributed by atoms with Crippen LogP contribution >= 0.6 is 0 Å². The van der Waals surface area contributed by atoms with Crippen molar-refractivity contribution in [3.05, 3.63) is 54.2 Å². The Morgan fingerprint density at radius 3 is 2.52 bits per heavy atom. The highest BCUT2D eigenvalue weighted by Crippen LogP contribution is 2.22. The van der Waals surface area contributed by atoms with Gasteiger partial charge in [0.05, 0.1) is 0 Å². The lowest BCUT2D eigenvalue weighted by molar-refractivity contribution is -0.136. The fourth-order valence-electron chi connectivity index (χ4n) is 3.30. The number of carbonyl (C=O) groups is 1. The maximum absolute atomic E-state index is 13.2. The van der Waals surface area contributed by atoms with Crippen molar-refractivity contribution in [2.45, 2.75) is 12.5 Å². The van der Waals surface area contributed by atoms with Gasteiger partial charge in [-0.2, -0.15) is 5.10 Å². The molecule has 0 radical (unpaired) electrons. The second kappa shape index (κ2) is 8.07. The lowest BCUT2D eigenvalue weighted by atomic mass is 10.0. The average Bonchev–Trinajstić information content (AvgIpc) is 2.89. The third kappa shape index (κ3) is 4.14. The lowest BCUT2D eigenvalue weighted by Crippen LogP contribution is -2.42. The first-order chi connectivity index (χ1) is 12.2. The van der Waals surface area contributed by atoms with Crippen molar-refractivity contribution in [3.8, 4) is 0 Å². The van der Waals surface area contributed by atoms with E-state index in [2.05, 4.69) is 15.1 Å². The Morgan fingerprint density at radius 1 is 1.04 bits per heavy atom. The van der Waals surface area contributed by atoms with E-state index < -0.39 is 0 Å². The molecule has 0 spiro atoms. The Labute approximate surface area is 149 Å². The van der Waals surface area contributed by atoms with E-state index in [1.807, 2.05) is 66.4 Å². The number of aromatic nitrogens is 2. The molecule has 0 aliphatic carbocycles. The summed E-state index contributed by atoms with van der Waals surface area (Å²) < 4.78 is 0. The van der Waals surface area contributed by atoms with Crippen LogP contribution in [-0.2, 0) is 4.79 Å². The van der Waals surface area contributed by atoms with Gasteiger partial charge in [0.15, 0.2) is 5.82 Å². The second-order valence-corrected chi connectivity index (χ2v) is 6.52. The van der Waals surface area contributed by atoms with Crippen LogP contribution in [-0.4, -0.2) is 66.2 Å². The van der Waals surface area contributed by atoms with Crippen LogP contribution in [0, 0.1) is 0 Å².